The third-order valence-corrected chi connectivity index (χ3v) is 7.86. The van der Waals surface area contributed by atoms with Gasteiger partial charge in [0.15, 0.2) is 0 Å². The minimum Gasteiger partial charge on any atom is -0.0843 e. The molecule has 36 heavy (non-hydrogen) atoms. The maximum Gasteiger partial charge on any atom is 0.0713 e. The van der Waals surface area contributed by atoms with E-state index in [4.69, 9.17) is 11.6 Å². The highest BCUT2D eigenvalue weighted by Crippen LogP contribution is 2.55. The molecule has 7 rings (SSSR count). The molecule has 0 aliphatic heterocycles. The van der Waals surface area contributed by atoms with Crippen LogP contribution in [0.1, 0.15) is 22.3 Å². The molecule has 1 unspecified atom stereocenters. The number of hydrogen-bond acceptors (Lipinski definition) is 0. The van der Waals surface area contributed by atoms with Gasteiger partial charge in [-0.15, -0.1) is 0 Å². The summed E-state index contributed by atoms with van der Waals surface area (Å²) in [5.41, 5.74) is 9.67. The highest BCUT2D eigenvalue weighted by Gasteiger charge is 2.44. The van der Waals surface area contributed by atoms with Gasteiger partial charge in [-0.3, -0.25) is 0 Å². The zero-order chi connectivity index (χ0) is 24.1. The van der Waals surface area contributed by atoms with Crippen LogP contribution in [0.5, 0.6) is 0 Å². The van der Waals surface area contributed by atoms with E-state index in [1.807, 2.05) is 12.1 Å². The molecule has 0 heterocycles. The summed E-state index contributed by atoms with van der Waals surface area (Å²) in [7, 11) is 0. The van der Waals surface area contributed by atoms with Crippen LogP contribution in [0.4, 0.5) is 0 Å². The third-order valence-electron chi connectivity index (χ3n) is 7.61. The fourth-order valence-corrected chi connectivity index (χ4v) is 6.25. The summed E-state index contributed by atoms with van der Waals surface area (Å²) in [4.78, 5) is 0. The summed E-state index contributed by atoms with van der Waals surface area (Å²) in [6.07, 6.45) is 0. The van der Waals surface area contributed by atoms with Crippen molar-refractivity contribution in [1.82, 2.24) is 0 Å². The number of fused-ring (bicyclic) bond motifs is 2. The van der Waals surface area contributed by atoms with E-state index in [1.54, 1.807) is 0 Å². The first-order valence-corrected chi connectivity index (χ1v) is 12.7. The predicted molar refractivity (Wildman–Crippen MR) is 152 cm³/mol. The second kappa shape index (κ2) is 8.22. The Labute approximate surface area is 216 Å². The number of hydrogen-bond donors (Lipinski definition) is 0. The molecule has 0 N–H and O–H groups in total. The Morgan fingerprint density at radius 2 is 1.08 bits per heavy atom. The number of halogens is 1. The van der Waals surface area contributed by atoms with Gasteiger partial charge in [-0.05, 0) is 73.5 Å². The lowest BCUT2D eigenvalue weighted by molar-refractivity contribution is 0.750. The van der Waals surface area contributed by atoms with Crippen LogP contribution in [-0.4, -0.2) is 0 Å². The molecule has 1 atom stereocenters. The molecule has 0 radical (unpaired) electrons. The van der Waals surface area contributed by atoms with Gasteiger partial charge in [0.25, 0.3) is 0 Å². The molecule has 0 fully saturated rings. The zero-order valence-corrected chi connectivity index (χ0v) is 20.4. The molecule has 6 aromatic carbocycles. The molecule has 170 valence electrons. The topological polar surface area (TPSA) is 0 Å². The smallest absolute Gasteiger partial charge is 0.0713 e. The summed E-state index contributed by atoms with van der Waals surface area (Å²) in [5, 5.41) is 3.35. The summed E-state index contributed by atoms with van der Waals surface area (Å²) in [6.45, 7) is 0. The van der Waals surface area contributed by atoms with Crippen molar-refractivity contribution in [3.63, 3.8) is 0 Å². The van der Waals surface area contributed by atoms with Gasteiger partial charge in [0, 0.05) is 5.02 Å². The molecule has 0 bridgehead atoms. The molecule has 0 nitrogen and oxygen atoms in total. The monoisotopic (exact) mass is 478 g/mol. The maximum atomic E-state index is 6.20. The van der Waals surface area contributed by atoms with Crippen LogP contribution in [0, 0.1) is 0 Å². The van der Waals surface area contributed by atoms with Gasteiger partial charge >= 0.3 is 0 Å². The van der Waals surface area contributed by atoms with E-state index < -0.39 is 5.41 Å². The summed E-state index contributed by atoms with van der Waals surface area (Å²) < 4.78 is 0. The van der Waals surface area contributed by atoms with Crippen LogP contribution < -0.4 is 0 Å². The van der Waals surface area contributed by atoms with Gasteiger partial charge in [-0.25, -0.2) is 0 Å². The van der Waals surface area contributed by atoms with Gasteiger partial charge in [0.2, 0.25) is 0 Å². The minimum atomic E-state index is -0.450. The second-order valence-corrected chi connectivity index (χ2v) is 9.90. The Morgan fingerprint density at radius 1 is 0.444 bits per heavy atom. The van der Waals surface area contributed by atoms with Gasteiger partial charge < -0.3 is 0 Å². The molecule has 0 saturated carbocycles. The quantitative estimate of drug-likeness (QED) is 0.237. The number of rotatable bonds is 3. The number of benzene rings is 6. The molecule has 0 aromatic heterocycles. The molecule has 6 aromatic rings. The fourth-order valence-electron chi connectivity index (χ4n) is 6.12. The molecule has 0 saturated heterocycles. The van der Waals surface area contributed by atoms with Crippen molar-refractivity contribution in [3.05, 3.63) is 167 Å². The average molecular weight is 479 g/mol. The molecular formula is C35H23Cl. The highest BCUT2D eigenvalue weighted by atomic mass is 35.5. The Bertz CT molecular complexity index is 1730. The lowest BCUT2D eigenvalue weighted by Crippen LogP contribution is -2.33. The molecule has 1 aliphatic carbocycles. The Hall–Kier alpha value is -4.13. The zero-order valence-electron chi connectivity index (χ0n) is 19.7. The van der Waals surface area contributed by atoms with Crippen molar-refractivity contribution in [2.75, 3.05) is 0 Å². The van der Waals surface area contributed by atoms with Crippen LogP contribution in [0.2, 0.25) is 5.02 Å². The van der Waals surface area contributed by atoms with Crippen LogP contribution >= 0.6 is 11.6 Å². The van der Waals surface area contributed by atoms with Gasteiger partial charge in [0.05, 0.1) is 5.41 Å². The maximum absolute atomic E-state index is 6.20. The lowest BCUT2D eigenvalue weighted by Gasteiger charge is -2.42. The normalized spacial score (nSPS) is 16.0. The largest absolute Gasteiger partial charge is 0.0843 e. The summed E-state index contributed by atoms with van der Waals surface area (Å²) >= 11 is 6.20. The van der Waals surface area contributed by atoms with Crippen molar-refractivity contribution in [3.8, 4) is 22.3 Å². The standard InChI is InChI=1S/C35H23Cl/c36-29-21-19-24(20-22-29)26-11-6-14-28(23-26)35(27-12-2-1-3-13-27)32-17-5-4-15-30(32)31-16-7-9-25-10-8-18-33(35)34(25)31/h1-23H. The van der Waals surface area contributed by atoms with Crippen LogP contribution in [-0.2, 0) is 5.41 Å². The van der Waals surface area contributed by atoms with E-state index in [0.717, 1.165) is 10.6 Å². The van der Waals surface area contributed by atoms with Gasteiger partial charge in [-0.2, -0.15) is 0 Å². The van der Waals surface area contributed by atoms with E-state index >= 15 is 0 Å². The Balaban J connectivity index is 1.64. The predicted octanol–water partition coefficient (Wildman–Crippen LogP) is 9.52. The van der Waals surface area contributed by atoms with Crippen molar-refractivity contribution in [2.45, 2.75) is 5.41 Å². The molecule has 0 spiro atoms. The van der Waals surface area contributed by atoms with Crippen LogP contribution in [0.15, 0.2) is 140 Å². The molecule has 1 aliphatic rings. The third kappa shape index (κ3) is 3.02. The Morgan fingerprint density at radius 3 is 1.92 bits per heavy atom. The second-order valence-electron chi connectivity index (χ2n) is 9.46. The van der Waals surface area contributed by atoms with Crippen molar-refractivity contribution in [2.24, 2.45) is 0 Å². The van der Waals surface area contributed by atoms with Crippen molar-refractivity contribution in [1.29, 1.82) is 0 Å². The average Bonchev–Trinajstić information content (AvgIpc) is 2.95. The highest BCUT2D eigenvalue weighted by molar-refractivity contribution is 6.30. The van der Waals surface area contributed by atoms with Crippen LogP contribution in [0.25, 0.3) is 33.0 Å². The van der Waals surface area contributed by atoms with Gasteiger partial charge in [-0.1, -0.05) is 133 Å². The van der Waals surface area contributed by atoms with Crippen molar-refractivity contribution >= 4 is 22.4 Å². The molecule has 1 heteroatoms. The fraction of sp³-hybridized carbons (Fsp3) is 0.0286. The van der Waals surface area contributed by atoms with E-state index in [-0.39, 0.29) is 0 Å². The first-order valence-electron chi connectivity index (χ1n) is 12.3. The van der Waals surface area contributed by atoms with Crippen LogP contribution in [0.3, 0.4) is 0 Å². The van der Waals surface area contributed by atoms with E-state index in [9.17, 15) is 0 Å². The minimum absolute atomic E-state index is 0.450. The van der Waals surface area contributed by atoms with Crippen molar-refractivity contribution < 1.29 is 0 Å². The lowest BCUT2D eigenvalue weighted by atomic mass is 9.59. The molecular weight excluding hydrogens is 456 g/mol. The van der Waals surface area contributed by atoms with E-state index in [2.05, 4.69) is 127 Å². The SMILES string of the molecule is Clc1ccc(-c2cccc(C3(c4ccccc4)c4ccccc4-c4cccc5cccc3c45)c2)cc1. The summed E-state index contributed by atoms with van der Waals surface area (Å²) in [5.74, 6) is 0. The molecule has 0 amide bonds. The van der Waals surface area contributed by atoms with E-state index in [1.165, 1.54) is 49.7 Å². The summed E-state index contributed by atoms with van der Waals surface area (Å²) in [6, 6.07) is 50.5. The Kier molecular flexibility index (Phi) is 4.84. The first-order chi connectivity index (χ1) is 17.8. The van der Waals surface area contributed by atoms with E-state index in [0.29, 0.717) is 0 Å². The van der Waals surface area contributed by atoms with Gasteiger partial charge in [0.1, 0.15) is 0 Å². The first kappa shape index (κ1) is 21.2.